The number of hydrogen-bond acceptors (Lipinski definition) is 6. The molecule has 0 spiro atoms. The minimum atomic E-state index is -1.14. The van der Waals surface area contributed by atoms with Crippen molar-refractivity contribution in [3.63, 3.8) is 0 Å². The van der Waals surface area contributed by atoms with Gasteiger partial charge in [0.1, 0.15) is 5.69 Å². The molecule has 0 saturated carbocycles. The van der Waals surface area contributed by atoms with Crippen LogP contribution in [0.1, 0.15) is 23.3 Å². The van der Waals surface area contributed by atoms with Gasteiger partial charge in [0.25, 0.3) is 5.56 Å². The minimum absolute atomic E-state index is 0.0712. The molecular formula is C19H18N6O3. The van der Waals surface area contributed by atoms with Crippen LogP contribution in [-0.2, 0) is 0 Å². The average molecular weight is 378 g/mol. The third-order valence-corrected chi connectivity index (χ3v) is 4.42. The van der Waals surface area contributed by atoms with Gasteiger partial charge in [-0.3, -0.25) is 9.36 Å². The maximum Gasteiger partial charge on any atom is 0.356 e. The number of hydrogen-bond donors (Lipinski definition) is 3. The van der Waals surface area contributed by atoms with Crippen molar-refractivity contribution in [1.82, 2.24) is 19.2 Å². The fraction of sp³-hybridized carbons (Fsp3) is 0.158. The van der Waals surface area contributed by atoms with Crippen molar-refractivity contribution >= 4 is 34.5 Å². The Hall–Kier alpha value is -3.88. The maximum atomic E-state index is 12.9. The first-order valence-corrected chi connectivity index (χ1v) is 8.74. The second-order valence-electron chi connectivity index (χ2n) is 6.21. The molecule has 1 aliphatic rings. The highest BCUT2D eigenvalue weighted by molar-refractivity contribution is 5.88. The molecule has 142 valence electrons. The molecule has 3 aromatic heterocycles. The topological polar surface area (TPSA) is 114 Å². The number of anilines is 3. The number of nitrogens with zero attached hydrogens (tertiary/aromatic N) is 4. The minimum Gasteiger partial charge on any atom is -0.476 e. The zero-order chi connectivity index (χ0) is 19.7. The number of imidazole rings is 1. The third-order valence-electron chi connectivity index (χ3n) is 4.42. The van der Waals surface area contributed by atoms with E-state index < -0.39 is 5.97 Å². The Morgan fingerprint density at radius 3 is 2.86 bits per heavy atom. The quantitative estimate of drug-likeness (QED) is 0.625. The third kappa shape index (κ3) is 3.02. The molecule has 0 saturated heterocycles. The number of aromatic carboxylic acids is 1. The molecule has 0 unspecified atom stereocenters. The van der Waals surface area contributed by atoms with E-state index in [1.807, 2.05) is 18.2 Å². The fourth-order valence-corrected chi connectivity index (χ4v) is 3.07. The Morgan fingerprint density at radius 2 is 2.14 bits per heavy atom. The Balaban J connectivity index is 1.77. The van der Waals surface area contributed by atoms with Crippen molar-refractivity contribution in [2.24, 2.45) is 0 Å². The van der Waals surface area contributed by atoms with Crippen LogP contribution in [0, 0.1) is 0 Å². The molecule has 28 heavy (non-hydrogen) atoms. The molecule has 0 atom stereocenters. The molecule has 9 nitrogen and oxygen atoms in total. The summed E-state index contributed by atoms with van der Waals surface area (Å²) in [6.07, 6.45) is 10.8. The van der Waals surface area contributed by atoms with Gasteiger partial charge in [-0.1, -0.05) is 12.2 Å². The van der Waals surface area contributed by atoms with Crippen molar-refractivity contribution in [3.8, 4) is 0 Å². The summed E-state index contributed by atoms with van der Waals surface area (Å²) in [6, 6.07) is 5.10. The van der Waals surface area contributed by atoms with Gasteiger partial charge in [0.15, 0.2) is 17.2 Å². The molecule has 0 aliphatic heterocycles. The SMILES string of the molecule is CNc1cc(Nc2cccn(C3=CCCC=C3)c2=O)nn2c(C(=O)O)cnc12. The van der Waals surface area contributed by atoms with Gasteiger partial charge in [0.2, 0.25) is 0 Å². The Kier molecular flexibility index (Phi) is 4.40. The fourth-order valence-electron chi connectivity index (χ4n) is 3.07. The number of nitrogens with one attached hydrogen (secondary N) is 2. The van der Waals surface area contributed by atoms with E-state index in [0.29, 0.717) is 22.8 Å². The molecule has 3 N–H and O–H groups in total. The van der Waals surface area contributed by atoms with Crippen LogP contribution >= 0.6 is 0 Å². The van der Waals surface area contributed by atoms with E-state index >= 15 is 0 Å². The second-order valence-corrected chi connectivity index (χ2v) is 6.21. The van der Waals surface area contributed by atoms with Crippen LogP contribution < -0.4 is 16.2 Å². The predicted molar refractivity (Wildman–Crippen MR) is 106 cm³/mol. The van der Waals surface area contributed by atoms with Crippen molar-refractivity contribution in [2.75, 3.05) is 17.7 Å². The summed E-state index contributed by atoms with van der Waals surface area (Å²) in [7, 11) is 1.70. The zero-order valence-corrected chi connectivity index (χ0v) is 15.1. The van der Waals surface area contributed by atoms with E-state index in [1.165, 1.54) is 10.7 Å². The second kappa shape index (κ2) is 7.03. The van der Waals surface area contributed by atoms with Gasteiger partial charge in [0, 0.05) is 25.0 Å². The van der Waals surface area contributed by atoms with Gasteiger partial charge in [0.05, 0.1) is 11.9 Å². The first-order valence-electron chi connectivity index (χ1n) is 8.74. The summed E-state index contributed by atoms with van der Waals surface area (Å²) < 4.78 is 2.79. The van der Waals surface area contributed by atoms with Crippen LogP contribution in [0.15, 0.2) is 53.6 Å². The summed E-state index contributed by atoms with van der Waals surface area (Å²) in [5.74, 6) is -0.822. The van der Waals surface area contributed by atoms with E-state index in [9.17, 15) is 14.7 Å². The van der Waals surface area contributed by atoms with Gasteiger partial charge < -0.3 is 15.7 Å². The Morgan fingerprint density at radius 1 is 1.29 bits per heavy atom. The summed E-state index contributed by atoms with van der Waals surface area (Å²) in [5, 5.41) is 19.6. The Labute approximate surface area is 159 Å². The van der Waals surface area contributed by atoms with E-state index in [0.717, 1.165) is 18.5 Å². The molecule has 0 radical (unpaired) electrons. The van der Waals surface area contributed by atoms with E-state index in [-0.39, 0.29) is 11.3 Å². The molecule has 3 aromatic rings. The zero-order valence-electron chi connectivity index (χ0n) is 15.1. The van der Waals surface area contributed by atoms with E-state index in [2.05, 4.69) is 20.7 Å². The number of aromatic nitrogens is 4. The monoisotopic (exact) mass is 378 g/mol. The normalized spacial score (nSPS) is 13.4. The first kappa shape index (κ1) is 17.5. The summed E-state index contributed by atoms with van der Waals surface area (Å²) in [5.41, 5.74) is 1.82. The van der Waals surface area contributed by atoms with Crippen molar-refractivity contribution in [1.29, 1.82) is 0 Å². The van der Waals surface area contributed by atoms with Gasteiger partial charge in [-0.15, -0.1) is 5.10 Å². The van der Waals surface area contributed by atoms with Gasteiger partial charge >= 0.3 is 5.97 Å². The number of carboxylic acids is 1. The molecule has 0 aromatic carbocycles. The maximum absolute atomic E-state index is 12.9. The van der Waals surface area contributed by atoms with Gasteiger partial charge in [-0.25, -0.2) is 14.3 Å². The van der Waals surface area contributed by atoms with Crippen molar-refractivity contribution in [2.45, 2.75) is 12.8 Å². The lowest BCUT2D eigenvalue weighted by Crippen LogP contribution is -2.21. The number of rotatable bonds is 5. The number of carbonyl (C=O) groups is 1. The lowest BCUT2D eigenvalue weighted by atomic mass is 10.1. The van der Waals surface area contributed by atoms with Crippen LogP contribution in [0.25, 0.3) is 11.3 Å². The molecular weight excluding hydrogens is 360 g/mol. The number of fused-ring (bicyclic) bond motifs is 1. The smallest absolute Gasteiger partial charge is 0.356 e. The number of allylic oxidation sites excluding steroid dienone is 4. The predicted octanol–water partition coefficient (Wildman–Crippen LogP) is 2.57. The van der Waals surface area contributed by atoms with Crippen LogP contribution in [0.5, 0.6) is 0 Å². The first-order chi connectivity index (χ1) is 13.6. The van der Waals surface area contributed by atoms with Gasteiger partial charge in [-0.2, -0.15) is 0 Å². The Bertz CT molecular complexity index is 1190. The average Bonchev–Trinajstić information content (AvgIpc) is 3.14. The summed E-state index contributed by atoms with van der Waals surface area (Å²) >= 11 is 0. The highest BCUT2D eigenvalue weighted by atomic mass is 16.4. The van der Waals surface area contributed by atoms with Crippen LogP contribution in [-0.4, -0.2) is 37.3 Å². The lowest BCUT2D eigenvalue weighted by Gasteiger charge is -2.13. The van der Waals surface area contributed by atoms with Crippen LogP contribution in [0.3, 0.4) is 0 Å². The summed E-state index contributed by atoms with van der Waals surface area (Å²) in [4.78, 5) is 28.4. The molecule has 9 heteroatoms. The highest BCUT2D eigenvalue weighted by Gasteiger charge is 2.16. The standard InChI is InChI=1S/C19H18N6O3/c1-20-14-10-16(23-25-15(19(27)28)11-21-17(14)25)22-13-8-5-9-24(18(13)26)12-6-3-2-4-7-12/h3,5-11,20H,2,4H2,1H3,(H,22,23)(H,27,28). The molecule has 1 aliphatic carbocycles. The molecule has 3 heterocycles. The van der Waals surface area contributed by atoms with Crippen molar-refractivity contribution in [3.05, 3.63) is 64.9 Å². The highest BCUT2D eigenvalue weighted by Crippen LogP contribution is 2.22. The number of pyridine rings is 1. The van der Waals surface area contributed by atoms with Gasteiger partial charge in [-0.05, 0) is 31.1 Å². The number of carboxylic acid groups (broad SMARTS) is 1. The molecule has 0 amide bonds. The van der Waals surface area contributed by atoms with E-state index in [4.69, 9.17) is 0 Å². The van der Waals surface area contributed by atoms with Crippen molar-refractivity contribution < 1.29 is 9.90 Å². The largest absolute Gasteiger partial charge is 0.476 e. The van der Waals surface area contributed by atoms with Crippen LogP contribution in [0.4, 0.5) is 17.2 Å². The molecule has 0 bridgehead atoms. The summed E-state index contributed by atoms with van der Waals surface area (Å²) in [6.45, 7) is 0. The lowest BCUT2D eigenvalue weighted by molar-refractivity contribution is 0.0688. The van der Waals surface area contributed by atoms with Crippen LogP contribution in [0.2, 0.25) is 0 Å². The molecule has 0 fully saturated rings. The van der Waals surface area contributed by atoms with E-state index in [1.54, 1.807) is 36.0 Å². The molecule has 4 rings (SSSR count).